The standard InChI is InChI=1S/C14H14N2OS/c17-14(13-6-3-9-18-13)16-8-2-5-12(16)11-4-1-7-15-10-11/h1,3-4,6-7,9-10,12H,2,5,8H2. The summed E-state index contributed by atoms with van der Waals surface area (Å²) in [5, 5.41) is 1.95. The molecule has 18 heavy (non-hydrogen) atoms. The fourth-order valence-electron chi connectivity index (χ4n) is 2.47. The molecule has 92 valence electrons. The lowest BCUT2D eigenvalue weighted by molar-refractivity contribution is 0.0740. The topological polar surface area (TPSA) is 33.2 Å². The van der Waals surface area contributed by atoms with E-state index in [1.54, 1.807) is 6.20 Å². The fraction of sp³-hybridized carbons (Fsp3) is 0.286. The number of thiophene rings is 1. The van der Waals surface area contributed by atoms with Gasteiger partial charge in [0.2, 0.25) is 0 Å². The Balaban J connectivity index is 1.86. The van der Waals surface area contributed by atoms with Crippen LogP contribution in [0.15, 0.2) is 42.0 Å². The molecular weight excluding hydrogens is 244 g/mol. The Morgan fingerprint density at radius 2 is 2.33 bits per heavy atom. The van der Waals surface area contributed by atoms with Crippen molar-refractivity contribution in [2.75, 3.05) is 6.54 Å². The first kappa shape index (κ1) is 11.4. The largest absolute Gasteiger partial charge is 0.331 e. The molecule has 2 aromatic heterocycles. The van der Waals surface area contributed by atoms with Crippen molar-refractivity contribution >= 4 is 17.2 Å². The second-order valence-electron chi connectivity index (χ2n) is 4.42. The third-order valence-corrected chi connectivity index (χ3v) is 4.17. The molecule has 1 aliphatic rings. The van der Waals surface area contributed by atoms with Crippen molar-refractivity contribution < 1.29 is 4.79 Å². The molecule has 1 unspecified atom stereocenters. The number of amides is 1. The molecule has 3 nitrogen and oxygen atoms in total. The first-order valence-electron chi connectivity index (χ1n) is 6.10. The number of hydrogen-bond acceptors (Lipinski definition) is 3. The smallest absolute Gasteiger partial charge is 0.264 e. The minimum atomic E-state index is 0.149. The highest BCUT2D eigenvalue weighted by Crippen LogP contribution is 2.33. The molecule has 1 saturated heterocycles. The van der Waals surface area contributed by atoms with Gasteiger partial charge < -0.3 is 4.90 Å². The van der Waals surface area contributed by atoms with Crippen LogP contribution in [-0.4, -0.2) is 22.3 Å². The molecule has 1 amide bonds. The Kier molecular flexibility index (Phi) is 3.11. The molecule has 2 aromatic rings. The van der Waals surface area contributed by atoms with Gasteiger partial charge in [0.05, 0.1) is 10.9 Å². The second-order valence-corrected chi connectivity index (χ2v) is 5.37. The van der Waals surface area contributed by atoms with Crippen LogP contribution in [0.25, 0.3) is 0 Å². The highest BCUT2D eigenvalue weighted by atomic mass is 32.1. The highest BCUT2D eigenvalue weighted by Gasteiger charge is 2.30. The zero-order valence-corrected chi connectivity index (χ0v) is 10.8. The summed E-state index contributed by atoms with van der Waals surface area (Å²) in [5.74, 6) is 0.149. The van der Waals surface area contributed by atoms with Crippen molar-refractivity contribution in [3.63, 3.8) is 0 Å². The van der Waals surface area contributed by atoms with Gasteiger partial charge in [-0.2, -0.15) is 0 Å². The van der Waals surface area contributed by atoms with Crippen molar-refractivity contribution in [3.8, 4) is 0 Å². The van der Waals surface area contributed by atoms with Crippen LogP contribution in [-0.2, 0) is 0 Å². The minimum Gasteiger partial charge on any atom is -0.331 e. The van der Waals surface area contributed by atoms with Gasteiger partial charge >= 0.3 is 0 Å². The molecule has 3 heterocycles. The molecule has 1 atom stereocenters. The third-order valence-electron chi connectivity index (χ3n) is 3.31. The Morgan fingerprint density at radius 1 is 1.39 bits per heavy atom. The number of hydrogen-bond donors (Lipinski definition) is 0. The molecule has 0 aliphatic carbocycles. The average molecular weight is 258 g/mol. The number of likely N-dealkylation sites (tertiary alicyclic amines) is 1. The van der Waals surface area contributed by atoms with Gasteiger partial charge in [-0.1, -0.05) is 12.1 Å². The summed E-state index contributed by atoms with van der Waals surface area (Å²) in [6.45, 7) is 0.844. The van der Waals surface area contributed by atoms with E-state index in [1.165, 1.54) is 11.3 Å². The van der Waals surface area contributed by atoms with Gasteiger partial charge in [-0.25, -0.2) is 0 Å². The molecule has 0 aromatic carbocycles. The van der Waals surface area contributed by atoms with E-state index >= 15 is 0 Å². The van der Waals surface area contributed by atoms with Gasteiger partial charge in [0.25, 0.3) is 5.91 Å². The zero-order chi connectivity index (χ0) is 12.4. The van der Waals surface area contributed by atoms with Gasteiger partial charge in [-0.05, 0) is 35.9 Å². The number of rotatable bonds is 2. The van der Waals surface area contributed by atoms with Gasteiger partial charge in [0.15, 0.2) is 0 Å². The van der Waals surface area contributed by atoms with Crippen LogP contribution in [0.2, 0.25) is 0 Å². The van der Waals surface area contributed by atoms with E-state index in [0.717, 1.165) is 29.8 Å². The van der Waals surface area contributed by atoms with E-state index in [0.29, 0.717) is 0 Å². The molecular formula is C14H14N2OS. The molecule has 0 saturated carbocycles. The van der Waals surface area contributed by atoms with E-state index in [4.69, 9.17) is 0 Å². The molecule has 0 bridgehead atoms. The third kappa shape index (κ3) is 2.04. The van der Waals surface area contributed by atoms with Crippen LogP contribution in [0.3, 0.4) is 0 Å². The molecule has 1 aliphatic heterocycles. The average Bonchev–Trinajstić information content (AvgIpc) is 3.10. The highest BCUT2D eigenvalue weighted by molar-refractivity contribution is 7.12. The maximum Gasteiger partial charge on any atom is 0.264 e. The predicted molar refractivity (Wildman–Crippen MR) is 71.6 cm³/mol. The van der Waals surface area contributed by atoms with E-state index < -0.39 is 0 Å². The van der Waals surface area contributed by atoms with Crippen LogP contribution in [0, 0.1) is 0 Å². The number of pyridine rings is 1. The SMILES string of the molecule is O=C(c1cccs1)N1CCCC1c1cccnc1. The normalized spacial score (nSPS) is 19.1. The molecule has 0 N–H and O–H groups in total. The lowest BCUT2D eigenvalue weighted by Crippen LogP contribution is -2.29. The number of carbonyl (C=O) groups excluding carboxylic acids is 1. The Morgan fingerprint density at radius 3 is 3.06 bits per heavy atom. The minimum absolute atomic E-state index is 0.149. The molecule has 3 rings (SSSR count). The van der Waals surface area contributed by atoms with Crippen molar-refractivity contribution in [2.45, 2.75) is 18.9 Å². The van der Waals surface area contributed by atoms with Crippen molar-refractivity contribution in [3.05, 3.63) is 52.5 Å². The van der Waals surface area contributed by atoms with Gasteiger partial charge in [0, 0.05) is 18.9 Å². The van der Waals surface area contributed by atoms with Crippen LogP contribution in [0.5, 0.6) is 0 Å². The maximum atomic E-state index is 12.4. The molecule has 0 radical (unpaired) electrons. The fourth-order valence-corrected chi connectivity index (χ4v) is 3.15. The van der Waals surface area contributed by atoms with Gasteiger partial charge in [-0.3, -0.25) is 9.78 Å². The van der Waals surface area contributed by atoms with Crippen molar-refractivity contribution in [1.29, 1.82) is 0 Å². The van der Waals surface area contributed by atoms with Gasteiger partial charge in [0.1, 0.15) is 0 Å². The molecule has 4 heteroatoms. The Hall–Kier alpha value is -1.68. The van der Waals surface area contributed by atoms with E-state index in [-0.39, 0.29) is 11.9 Å². The van der Waals surface area contributed by atoms with Crippen molar-refractivity contribution in [2.24, 2.45) is 0 Å². The van der Waals surface area contributed by atoms with Crippen molar-refractivity contribution in [1.82, 2.24) is 9.88 Å². The monoisotopic (exact) mass is 258 g/mol. The summed E-state index contributed by atoms with van der Waals surface area (Å²) >= 11 is 1.51. The zero-order valence-electron chi connectivity index (χ0n) is 9.95. The van der Waals surface area contributed by atoms with Crippen LogP contribution in [0.1, 0.15) is 34.1 Å². The second kappa shape index (κ2) is 4.90. The summed E-state index contributed by atoms with van der Waals surface area (Å²) in [5.41, 5.74) is 1.14. The van der Waals surface area contributed by atoms with E-state index in [9.17, 15) is 4.79 Å². The summed E-state index contributed by atoms with van der Waals surface area (Å²) in [6, 6.07) is 7.99. The first-order valence-corrected chi connectivity index (χ1v) is 6.98. The summed E-state index contributed by atoms with van der Waals surface area (Å²) in [4.78, 5) is 19.4. The molecule has 1 fully saturated rings. The van der Waals surface area contributed by atoms with Gasteiger partial charge in [-0.15, -0.1) is 11.3 Å². The quantitative estimate of drug-likeness (QED) is 0.829. The summed E-state index contributed by atoms with van der Waals surface area (Å²) in [6.07, 6.45) is 5.73. The summed E-state index contributed by atoms with van der Waals surface area (Å²) < 4.78 is 0. The number of aromatic nitrogens is 1. The lowest BCUT2D eigenvalue weighted by atomic mass is 10.1. The van der Waals surface area contributed by atoms with Crippen LogP contribution in [0.4, 0.5) is 0 Å². The van der Waals surface area contributed by atoms with E-state index in [1.807, 2.05) is 34.7 Å². The number of nitrogens with zero attached hydrogens (tertiary/aromatic N) is 2. The van der Waals surface area contributed by atoms with E-state index in [2.05, 4.69) is 11.1 Å². The lowest BCUT2D eigenvalue weighted by Gasteiger charge is -2.24. The number of carbonyl (C=O) groups is 1. The predicted octanol–water partition coefficient (Wildman–Crippen LogP) is 3.12. The Labute approximate surface area is 110 Å². The first-order chi connectivity index (χ1) is 8.86. The molecule has 0 spiro atoms. The van der Waals surface area contributed by atoms with Crippen LogP contribution < -0.4 is 0 Å². The maximum absolute atomic E-state index is 12.4. The Bertz CT molecular complexity index is 524. The summed E-state index contributed by atoms with van der Waals surface area (Å²) in [7, 11) is 0. The van der Waals surface area contributed by atoms with Crippen LogP contribution >= 0.6 is 11.3 Å².